The van der Waals surface area contributed by atoms with E-state index in [0.29, 0.717) is 22.8 Å². The van der Waals surface area contributed by atoms with Crippen LogP contribution in [0.1, 0.15) is 27.4 Å². The van der Waals surface area contributed by atoms with E-state index in [9.17, 15) is 9.59 Å². The molecule has 1 aromatic carbocycles. The van der Waals surface area contributed by atoms with Crippen molar-refractivity contribution >= 4 is 29.1 Å². The van der Waals surface area contributed by atoms with Gasteiger partial charge in [-0.2, -0.15) is 5.10 Å². The number of carbonyl (C=O) groups excluding carboxylic acids is 2. The number of amides is 3. The van der Waals surface area contributed by atoms with Gasteiger partial charge in [0.05, 0.1) is 24.0 Å². The maximum Gasteiger partial charge on any atom is 0.323 e. The zero-order chi connectivity index (χ0) is 26.0. The molecule has 12 nitrogen and oxygen atoms in total. The summed E-state index contributed by atoms with van der Waals surface area (Å²) in [4.78, 5) is 31.0. The minimum absolute atomic E-state index is 0.0712. The van der Waals surface area contributed by atoms with E-state index in [1.54, 1.807) is 48.2 Å². The first-order valence-corrected chi connectivity index (χ1v) is 10.1. The number of nitrogens with zero attached hydrogens (tertiary/aromatic N) is 6. The third-order valence-corrected chi connectivity index (χ3v) is 5.10. The quantitative estimate of drug-likeness (QED) is 0.493. The third-order valence-electron chi connectivity index (χ3n) is 5.10. The van der Waals surface area contributed by atoms with Gasteiger partial charge in [-0.15, -0.1) is 10.2 Å². The summed E-state index contributed by atoms with van der Waals surface area (Å²) in [5.74, 6) is -0.106. The Kier molecular flexibility index (Phi) is 5.07. The number of urea groups is 1. The monoisotopic (exact) mass is 454 g/mol. The minimum atomic E-state index is -2.74. The molecule has 2 heterocycles. The molecule has 1 aliphatic rings. The van der Waals surface area contributed by atoms with Crippen molar-refractivity contribution < 1.29 is 18.4 Å². The summed E-state index contributed by atoms with van der Waals surface area (Å²) in [5.41, 5.74) is 0.813. The highest BCUT2D eigenvalue weighted by Crippen LogP contribution is 2.37. The maximum absolute atomic E-state index is 12.7. The molecule has 0 spiro atoms. The second kappa shape index (κ2) is 9.10. The van der Waals surface area contributed by atoms with Crippen LogP contribution in [0.15, 0.2) is 30.6 Å². The van der Waals surface area contributed by atoms with Crippen LogP contribution in [0.25, 0.3) is 11.4 Å². The van der Waals surface area contributed by atoms with Crippen LogP contribution in [0.3, 0.4) is 0 Å². The van der Waals surface area contributed by atoms with E-state index in [1.807, 2.05) is 5.32 Å². The number of nitrogens with one attached hydrogen (secondary N) is 3. The Morgan fingerprint density at radius 2 is 2.09 bits per heavy atom. The van der Waals surface area contributed by atoms with Crippen LogP contribution in [0.2, 0.25) is 0 Å². The van der Waals surface area contributed by atoms with Crippen LogP contribution in [0.5, 0.6) is 5.75 Å². The number of methoxy groups -OCH3 is 1. The molecule has 12 heteroatoms. The van der Waals surface area contributed by atoms with E-state index < -0.39 is 12.9 Å². The van der Waals surface area contributed by atoms with Crippen LogP contribution in [0, 0.1) is 0 Å². The minimum Gasteiger partial charge on any atom is -0.494 e. The number of benzene rings is 1. The van der Waals surface area contributed by atoms with E-state index in [2.05, 4.69) is 30.9 Å². The topological polar surface area (TPSA) is 139 Å². The highest BCUT2D eigenvalue weighted by Gasteiger charge is 2.30. The Hall–Kier alpha value is -4.22. The van der Waals surface area contributed by atoms with Crippen molar-refractivity contribution in [1.82, 2.24) is 35.2 Å². The third kappa shape index (κ3) is 4.68. The Morgan fingerprint density at radius 1 is 1.27 bits per heavy atom. The molecule has 0 unspecified atom stereocenters. The lowest BCUT2D eigenvalue weighted by atomic mass is 10.1. The van der Waals surface area contributed by atoms with Gasteiger partial charge in [0.25, 0.3) is 5.91 Å². The normalized spacial score (nSPS) is 14.5. The fraction of sp³-hybridized carbons (Fsp3) is 0.333. The van der Waals surface area contributed by atoms with Crippen molar-refractivity contribution in [1.29, 1.82) is 0 Å². The van der Waals surface area contributed by atoms with E-state index in [4.69, 9.17) is 8.85 Å². The van der Waals surface area contributed by atoms with Crippen molar-refractivity contribution in [3.05, 3.63) is 36.3 Å². The van der Waals surface area contributed by atoms with E-state index >= 15 is 0 Å². The van der Waals surface area contributed by atoms with Gasteiger partial charge in [-0.1, -0.05) is 6.07 Å². The Bertz CT molecular complexity index is 1290. The molecule has 3 N–H and O–H groups in total. The zero-order valence-electron chi connectivity index (χ0n) is 21.3. The van der Waals surface area contributed by atoms with Crippen LogP contribution in [-0.2, 0) is 7.05 Å². The van der Waals surface area contributed by atoms with Crippen molar-refractivity contribution in [2.24, 2.45) is 7.05 Å². The van der Waals surface area contributed by atoms with Crippen LogP contribution < -0.4 is 20.7 Å². The Labute approximate surface area is 194 Å². The number of aromatic nitrogens is 5. The summed E-state index contributed by atoms with van der Waals surface area (Å²) in [6.45, 7) is -2.74. The first-order valence-electron chi connectivity index (χ1n) is 11.6. The molecule has 2 aromatic heterocycles. The predicted octanol–water partition coefficient (Wildman–Crippen LogP) is 2.01. The molecule has 33 heavy (non-hydrogen) atoms. The fourth-order valence-corrected chi connectivity index (χ4v) is 3.24. The second-order valence-electron chi connectivity index (χ2n) is 7.47. The van der Waals surface area contributed by atoms with Gasteiger partial charge < -0.3 is 20.3 Å². The van der Waals surface area contributed by atoms with Crippen LogP contribution in [-0.4, -0.2) is 69.0 Å². The molecule has 172 valence electrons. The number of carbonyl (C=O) groups is 2. The number of rotatable bonds is 7. The second-order valence-corrected chi connectivity index (χ2v) is 7.47. The van der Waals surface area contributed by atoms with E-state index in [1.165, 1.54) is 13.2 Å². The van der Waals surface area contributed by atoms with Gasteiger partial charge in [0, 0.05) is 37.3 Å². The number of hydrogen-bond donors (Lipinski definition) is 3. The summed E-state index contributed by atoms with van der Waals surface area (Å²) < 4.78 is 29.2. The van der Waals surface area contributed by atoms with Crippen LogP contribution in [0.4, 0.5) is 22.0 Å². The van der Waals surface area contributed by atoms with Crippen molar-refractivity contribution in [2.45, 2.75) is 18.9 Å². The molecule has 1 fully saturated rings. The molecule has 1 aliphatic carbocycles. The number of para-hydroxylation sites is 1. The smallest absolute Gasteiger partial charge is 0.323 e. The molecule has 0 saturated heterocycles. The number of anilines is 3. The van der Waals surface area contributed by atoms with Crippen molar-refractivity contribution in [2.75, 3.05) is 31.8 Å². The summed E-state index contributed by atoms with van der Waals surface area (Å²) in [6.07, 6.45) is 3.41. The molecular formula is C21H25N9O3. The molecule has 0 bridgehead atoms. The van der Waals surface area contributed by atoms with Gasteiger partial charge in [0.2, 0.25) is 0 Å². The molecule has 4 rings (SSSR count). The summed E-state index contributed by atoms with van der Waals surface area (Å²) in [5, 5.41) is 19.7. The van der Waals surface area contributed by atoms with Gasteiger partial charge >= 0.3 is 6.03 Å². The summed E-state index contributed by atoms with van der Waals surface area (Å²) in [7, 11) is 4.89. The van der Waals surface area contributed by atoms with Crippen LogP contribution >= 0.6 is 0 Å². The molecule has 0 radical (unpaired) electrons. The van der Waals surface area contributed by atoms with Gasteiger partial charge in [-0.25, -0.2) is 9.78 Å². The first-order chi connectivity index (χ1) is 17.1. The largest absolute Gasteiger partial charge is 0.494 e. The Balaban J connectivity index is 1.70. The molecule has 0 atom stereocenters. The predicted molar refractivity (Wildman–Crippen MR) is 121 cm³/mol. The lowest BCUT2D eigenvalue weighted by Gasteiger charge is -2.18. The maximum atomic E-state index is 12.7. The number of hydrogen-bond acceptors (Lipinski definition) is 8. The molecule has 1 saturated carbocycles. The first kappa shape index (κ1) is 18.4. The fourth-order valence-electron chi connectivity index (χ4n) is 3.24. The average Bonchev–Trinajstić information content (AvgIpc) is 3.57. The molecular weight excluding hydrogens is 426 g/mol. The van der Waals surface area contributed by atoms with Gasteiger partial charge in [0.15, 0.2) is 23.1 Å². The van der Waals surface area contributed by atoms with E-state index in [-0.39, 0.29) is 29.3 Å². The molecule has 0 aliphatic heterocycles. The number of ether oxygens (including phenoxy) is 1. The van der Waals surface area contributed by atoms with Gasteiger partial charge in [0.1, 0.15) is 6.33 Å². The van der Waals surface area contributed by atoms with E-state index in [0.717, 1.165) is 12.8 Å². The summed E-state index contributed by atoms with van der Waals surface area (Å²) in [6, 6.07) is 6.39. The number of aryl methyl sites for hydroxylation is 1. The summed E-state index contributed by atoms with van der Waals surface area (Å²) >= 11 is 0. The lowest BCUT2D eigenvalue weighted by molar-refractivity contribution is 0.0958. The molecule has 3 aromatic rings. The van der Waals surface area contributed by atoms with Crippen molar-refractivity contribution in [3.8, 4) is 17.1 Å². The zero-order valence-corrected chi connectivity index (χ0v) is 18.3. The van der Waals surface area contributed by atoms with Crippen molar-refractivity contribution in [3.63, 3.8) is 0 Å². The SMILES string of the molecule is [2H]C([2H])([2H])NC(=O)c1nnc(NC(=O)N(C)C2CC2)cc1Nc1cccc(-c2ncn(C)n2)c1OC. The lowest BCUT2D eigenvalue weighted by Crippen LogP contribution is -2.33. The van der Waals surface area contributed by atoms with Gasteiger partial charge in [-0.05, 0) is 25.0 Å². The van der Waals surface area contributed by atoms with Gasteiger partial charge in [-0.3, -0.25) is 14.8 Å². The highest BCUT2D eigenvalue weighted by atomic mass is 16.5. The Morgan fingerprint density at radius 3 is 2.76 bits per heavy atom. The highest BCUT2D eigenvalue weighted by molar-refractivity contribution is 5.99. The average molecular weight is 455 g/mol. The molecule has 3 amide bonds. The standard InChI is InChI=1S/C21H25N9O3/c1-22-20(31)17-15(10-16(26-27-17)25-21(32)30(3)12-8-9-12)24-14-7-5-6-13(18(14)33-4)19-23-11-29(2)28-19/h5-7,10-12H,8-9H2,1-4H3,(H,22,31)(H2,24,25,26,32)/i1D3.